The molecule has 0 unspecified atom stereocenters. The number of ketones is 1. The molecule has 0 spiro atoms. The maximum Gasteiger partial charge on any atom is 0.276 e. The highest BCUT2D eigenvalue weighted by atomic mass is 19.3. The summed E-state index contributed by atoms with van der Waals surface area (Å²) in [7, 11) is 0. The van der Waals surface area contributed by atoms with Crippen molar-refractivity contribution in [1.82, 2.24) is 0 Å². The molecule has 0 radical (unpaired) electrons. The van der Waals surface area contributed by atoms with Crippen LogP contribution < -0.4 is 0 Å². The molecule has 1 aliphatic rings. The van der Waals surface area contributed by atoms with Crippen LogP contribution in [-0.2, 0) is 4.79 Å². The van der Waals surface area contributed by atoms with Crippen molar-refractivity contribution < 1.29 is 23.8 Å². The van der Waals surface area contributed by atoms with Crippen LogP contribution in [0.15, 0.2) is 24.3 Å². The number of hydrogen-bond donors (Lipinski definition) is 2. The average molecular weight is 274 g/mol. The predicted molar refractivity (Wildman–Crippen MR) is 67.9 cm³/mol. The summed E-state index contributed by atoms with van der Waals surface area (Å²) in [5, 5.41) is 19.1. The molecule has 1 rings (SSSR count). The molecule has 108 valence electrons. The summed E-state index contributed by atoms with van der Waals surface area (Å²) in [6.45, 7) is 5.32. The Labute approximate surface area is 111 Å². The number of Topliss-reactive ketones (excluding diaryl/α,β-unsaturated/α-hetero) is 1. The second-order valence-electron chi connectivity index (χ2n) is 4.94. The van der Waals surface area contributed by atoms with Crippen molar-refractivity contribution in [2.75, 3.05) is 0 Å². The smallest absolute Gasteiger partial charge is 0.276 e. The molecule has 0 bridgehead atoms. The minimum Gasteiger partial charge on any atom is -0.392 e. The SMILES string of the molecule is C=C1C(=O)C[C@@H](O)[C@@H]1C=C[C@H](O)C(F)(F)CCCC. The van der Waals surface area contributed by atoms with Gasteiger partial charge in [-0.05, 0) is 12.0 Å². The standard InChI is InChI=1S/C14H20F2O3/c1-3-4-7-14(15,16)13(19)6-5-10-9(2)11(17)8-12(10)18/h5-6,10,12-13,18-19H,2-4,7-8H2,1H3/t10-,12-,13+/m1/s1. The lowest BCUT2D eigenvalue weighted by Crippen LogP contribution is -2.32. The van der Waals surface area contributed by atoms with Crippen LogP contribution in [0.25, 0.3) is 0 Å². The molecule has 5 heteroatoms. The van der Waals surface area contributed by atoms with Crippen LogP contribution >= 0.6 is 0 Å². The first-order valence-electron chi connectivity index (χ1n) is 6.44. The summed E-state index contributed by atoms with van der Waals surface area (Å²) in [5.74, 6) is -4.14. The summed E-state index contributed by atoms with van der Waals surface area (Å²) < 4.78 is 27.0. The Morgan fingerprint density at radius 3 is 2.68 bits per heavy atom. The van der Waals surface area contributed by atoms with Crippen molar-refractivity contribution in [2.24, 2.45) is 5.92 Å². The van der Waals surface area contributed by atoms with E-state index < -0.39 is 24.0 Å². The Morgan fingerprint density at radius 1 is 1.58 bits per heavy atom. The first kappa shape index (κ1) is 16.0. The molecule has 3 nitrogen and oxygen atoms in total. The molecule has 0 aromatic carbocycles. The van der Waals surface area contributed by atoms with Crippen LogP contribution in [0.5, 0.6) is 0 Å². The van der Waals surface area contributed by atoms with E-state index in [4.69, 9.17) is 0 Å². The van der Waals surface area contributed by atoms with Gasteiger partial charge >= 0.3 is 0 Å². The number of rotatable bonds is 6. The van der Waals surface area contributed by atoms with Crippen molar-refractivity contribution in [2.45, 2.75) is 50.7 Å². The van der Waals surface area contributed by atoms with E-state index in [2.05, 4.69) is 6.58 Å². The number of alkyl halides is 2. The number of hydrogen-bond acceptors (Lipinski definition) is 3. The lowest BCUT2D eigenvalue weighted by atomic mass is 9.99. The molecule has 19 heavy (non-hydrogen) atoms. The van der Waals surface area contributed by atoms with Gasteiger partial charge in [-0.2, -0.15) is 0 Å². The minimum atomic E-state index is -3.19. The Hall–Kier alpha value is -1.07. The molecule has 0 amide bonds. The van der Waals surface area contributed by atoms with E-state index in [1.807, 2.05) is 0 Å². The Bertz CT molecular complexity index is 377. The quantitative estimate of drug-likeness (QED) is 0.577. The van der Waals surface area contributed by atoms with Crippen molar-refractivity contribution in [1.29, 1.82) is 0 Å². The van der Waals surface area contributed by atoms with E-state index >= 15 is 0 Å². The zero-order valence-corrected chi connectivity index (χ0v) is 11.0. The van der Waals surface area contributed by atoms with Gasteiger partial charge in [-0.1, -0.05) is 32.1 Å². The van der Waals surface area contributed by atoms with Crippen LogP contribution in [0, 0.1) is 5.92 Å². The third kappa shape index (κ3) is 3.94. The molecule has 2 N–H and O–H groups in total. The molecule has 0 heterocycles. The van der Waals surface area contributed by atoms with Crippen LogP contribution in [-0.4, -0.2) is 34.1 Å². The average Bonchev–Trinajstić information content (AvgIpc) is 2.58. The maximum absolute atomic E-state index is 13.5. The molecule has 3 atom stereocenters. The van der Waals surface area contributed by atoms with Gasteiger partial charge in [0.25, 0.3) is 5.92 Å². The van der Waals surface area contributed by atoms with Crippen LogP contribution in [0.4, 0.5) is 8.78 Å². The molecular weight excluding hydrogens is 254 g/mol. The molecular formula is C14H20F2O3. The number of unbranched alkanes of at least 4 members (excludes halogenated alkanes) is 1. The first-order chi connectivity index (χ1) is 8.79. The normalized spacial score (nSPS) is 26.4. The zero-order chi connectivity index (χ0) is 14.6. The van der Waals surface area contributed by atoms with E-state index in [1.165, 1.54) is 6.08 Å². The summed E-state index contributed by atoms with van der Waals surface area (Å²) >= 11 is 0. The molecule has 1 saturated carbocycles. The summed E-state index contributed by atoms with van der Waals surface area (Å²) in [6.07, 6.45) is -0.121. The van der Waals surface area contributed by atoms with Crippen LogP contribution in [0.1, 0.15) is 32.6 Å². The highest BCUT2D eigenvalue weighted by Crippen LogP contribution is 2.30. The van der Waals surface area contributed by atoms with Gasteiger partial charge in [-0.15, -0.1) is 0 Å². The maximum atomic E-state index is 13.5. The largest absolute Gasteiger partial charge is 0.392 e. The third-order valence-corrected chi connectivity index (χ3v) is 3.37. The van der Waals surface area contributed by atoms with Gasteiger partial charge in [-0.25, -0.2) is 8.78 Å². The lowest BCUT2D eigenvalue weighted by Gasteiger charge is -2.20. The molecule has 0 saturated heterocycles. The molecule has 0 aromatic heterocycles. The number of aliphatic hydroxyl groups excluding tert-OH is 2. The predicted octanol–water partition coefficient (Wildman–Crippen LogP) is 2.24. The Morgan fingerprint density at radius 2 is 2.21 bits per heavy atom. The molecule has 0 aliphatic heterocycles. The van der Waals surface area contributed by atoms with Gasteiger partial charge in [0, 0.05) is 18.8 Å². The fraction of sp³-hybridized carbons (Fsp3) is 0.643. The summed E-state index contributed by atoms with van der Waals surface area (Å²) in [5.41, 5.74) is 0.202. The number of carbonyl (C=O) groups is 1. The van der Waals surface area contributed by atoms with Gasteiger partial charge < -0.3 is 10.2 Å². The molecule has 1 fully saturated rings. The number of carbonyl (C=O) groups excluding carboxylic acids is 1. The van der Waals surface area contributed by atoms with Gasteiger partial charge in [0.15, 0.2) is 5.78 Å². The van der Waals surface area contributed by atoms with Crippen molar-refractivity contribution in [3.63, 3.8) is 0 Å². The fourth-order valence-corrected chi connectivity index (χ4v) is 2.04. The molecule has 1 aliphatic carbocycles. The Kier molecular flexibility index (Phi) is 5.38. The van der Waals surface area contributed by atoms with E-state index in [0.29, 0.717) is 12.8 Å². The number of aliphatic hydroxyl groups is 2. The van der Waals surface area contributed by atoms with Gasteiger partial charge in [-0.3, -0.25) is 4.79 Å². The summed E-state index contributed by atoms with van der Waals surface area (Å²) in [4.78, 5) is 11.3. The van der Waals surface area contributed by atoms with E-state index in [0.717, 1.165) is 6.08 Å². The third-order valence-electron chi connectivity index (χ3n) is 3.37. The van der Waals surface area contributed by atoms with Crippen molar-refractivity contribution >= 4 is 5.78 Å². The zero-order valence-electron chi connectivity index (χ0n) is 11.0. The van der Waals surface area contributed by atoms with Crippen molar-refractivity contribution in [3.8, 4) is 0 Å². The van der Waals surface area contributed by atoms with Crippen LogP contribution in [0.3, 0.4) is 0 Å². The number of halogens is 2. The fourth-order valence-electron chi connectivity index (χ4n) is 2.04. The molecule has 0 aromatic rings. The van der Waals surface area contributed by atoms with E-state index in [9.17, 15) is 23.8 Å². The summed E-state index contributed by atoms with van der Waals surface area (Å²) in [6, 6.07) is 0. The van der Waals surface area contributed by atoms with Crippen LogP contribution in [0.2, 0.25) is 0 Å². The van der Waals surface area contributed by atoms with Crippen molar-refractivity contribution in [3.05, 3.63) is 24.3 Å². The minimum absolute atomic E-state index is 0.0455. The first-order valence-corrected chi connectivity index (χ1v) is 6.44. The topological polar surface area (TPSA) is 57.5 Å². The van der Waals surface area contributed by atoms with Gasteiger partial charge in [0.2, 0.25) is 0 Å². The highest BCUT2D eigenvalue weighted by Gasteiger charge is 2.37. The Balaban J connectivity index is 2.65. The lowest BCUT2D eigenvalue weighted by molar-refractivity contribution is -0.115. The van der Waals surface area contributed by atoms with Gasteiger partial charge in [0.1, 0.15) is 6.10 Å². The second kappa shape index (κ2) is 6.39. The van der Waals surface area contributed by atoms with E-state index in [-0.39, 0.29) is 24.2 Å². The van der Waals surface area contributed by atoms with Gasteiger partial charge in [0.05, 0.1) is 6.10 Å². The monoisotopic (exact) mass is 274 g/mol. The second-order valence-corrected chi connectivity index (χ2v) is 4.94. The van der Waals surface area contributed by atoms with E-state index in [1.54, 1.807) is 6.92 Å². The highest BCUT2D eigenvalue weighted by molar-refractivity contribution is 5.98.